The van der Waals surface area contributed by atoms with Crippen LogP contribution in [0, 0.1) is 0 Å². The van der Waals surface area contributed by atoms with Gasteiger partial charge < -0.3 is 34.1 Å². The number of methoxy groups -OCH3 is 1. The van der Waals surface area contributed by atoms with Gasteiger partial charge in [-0.2, -0.15) is 0 Å². The minimum absolute atomic E-state index is 0.0382. The molecule has 5 heterocycles. The van der Waals surface area contributed by atoms with E-state index in [2.05, 4.69) is 30.8 Å². The van der Waals surface area contributed by atoms with Crippen LogP contribution in [0.5, 0.6) is 0 Å². The molecular weight excluding hydrogens is 522 g/mol. The van der Waals surface area contributed by atoms with Crippen LogP contribution in [0.3, 0.4) is 0 Å². The maximum atomic E-state index is 13.0. The summed E-state index contributed by atoms with van der Waals surface area (Å²) >= 11 is 0. The number of carbonyl (C=O) groups excluding carboxylic acids is 2. The fourth-order valence-electron chi connectivity index (χ4n) is 5.48. The summed E-state index contributed by atoms with van der Waals surface area (Å²) in [4.78, 5) is 40.7. The van der Waals surface area contributed by atoms with Gasteiger partial charge in [-0.05, 0) is 42.7 Å². The molecule has 0 spiro atoms. The number of imidazole rings is 1. The fraction of sp³-hybridized carbons (Fsp3) is 0.400. The van der Waals surface area contributed by atoms with Crippen LogP contribution in [0.15, 0.2) is 61.2 Å². The first kappa shape index (κ1) is 27.0. The number of rotatable bonds is 7. The summed E-state index contributed by atoms with van der Waals surface area (Å²) in [6, 6.07) is 11.7. The zero-order valence-electron chi connectivity index (χ0n) is 23.2. The van der Waals surface area contributed by atoms with Crippen molar-refractivity contribution in [1.82, 2.24) is 24.3 Å². The third-order valence-electron chi connectivity index (χ3n) is 7.84. The molecule has 11 nitrogen and oxygen atoms in total. The molecule has 1 N–H and O–H groups in total. The minimum atomic E-state index is -0.0382. The van der Waals surface area contributed by atoms with Gasteiger partial charge in [0.05, 0.1) is 37.0 Å². The summed E-state index contributed by atoms with van der Waals surface area (Å²) in [6.07, 6.45) is 9.69. The molecule has 0 unspecified atom stereocenters. The molecule has 0 aliphatic carbocycles. The van der Waals surface area contributed by atoms with Crippen LogP contribution >= 0.6 is 0 Å². The lowest BCUT2D eigenvalue weighted by atomic mass is 10.1. The van der Waals surface area contributed by atoms with Gasteiger partial charge in [-0.1, -0.05) is 12.1 Å². The minimum Gasteiger partial charge on any atom is -0.381 e. The second-order valence-electron chi connectivity index (χ2n) is 10.5. The van der Waals surface area contributed by atoms with Crippen molar-refractivity contribution >= 4 is 29.0 Å². The van der Waals surface area contributed by atoms with E-state index in [4.69, 9.17) is 9.47 Å². The van der Waals surface area contributed by atoms with Gasteiger partial charge in [0.2, 0.25) is 5.91 Å². The number of likely N-dealkylation sites (tertiary alicyclic amines) is 1. The van der Waals surface area contributed by atoms with Gasteiger partial charge in [-0.3, -0.25) is 9.59 Å². The number of hydrogen-bond acceptors (Lipinski definition) is 8. The van der Waals surface area contributed by atoms with Crippen molar-refractivity contribution in [2.45, 2.75) is 32.0 Å². The number of anilines is 2. The number of nitrogens with one attached hydrogen (secondary N) is 1. The number of fused-ring (bicyclic) bond motifs is 1. The fourth-order valence-corrected chi connectivity index (χ4v) is 5.48. The van der Waals surface area contributed by atoms with E-state index >= 15 is 0 Å². The first-order valence-corrected chi connectivity index (χ1v) is 14.1. The summed E-state index contributed by atoms with van der Waals surface area (Å²) in [6.45, 7) is 4.36. The van der Waals surface area contributed by atoms with Crippen LogP contribution in [0.25, 0.3) is 5.70 Å². The van der Waals surface area contributed by atoms with Crippen LogP contribution < -0.4 is 10.2 Å². The molecule has 3 aromatic rings. The average Bonchev–Trinajstić information content (AvgIpc) is 3.51. The number of ether oxygens (including phenoxy) is 2. The predicted octanol–water partition coefficient (Wildman–Crippen LogP) is 2.82. The quantitative estimate of drug-likeness (QED) is 0.473. The summed E-state index contributed by atoms with van der Waals surface area (Å²) in [5.74, 6) is 1.51. The first-order chi connectivity index (χ1) is 20.1. The van der Waals surface area contributed by atoms with Crippen molar-refractivity contribution < 1.29 is 19.1 Å². The Balaban J connectivity index is 1.15. The Hall–Kier alpha value is -4.22. The Morgan fingerprint density at radius 2 is 1.88 bits per heavy atom. The highest BCUT2D eigenvalue weighted by Crippen LogP contribution is 2.27. The molecule has 11 heteroatoms. The molecule has 2 fully saturated rings. The van der Waals surface area contributed by atoms with E-state index in [1.54, 1.807) is 30.5 Å². The molecule has 0 saturated carbocycles. The summed E-state index contributed by atoms with van der Waals surface area (Å²) in [7, 11) is 1.73. The van der Waals surface area contributed by atoms with Gasteiger partial charge in [0.15, 0.2) is 5.82 Å². The molecule has 0 radical (unpaired) electrons. The monoisotopic (exact) mass is 557 g/mol. The van der Waals surface area contributed by atoms with Crippen molar-refractivity contribution in [3.63, 3.8) is 0 Å². The zero-order chi connectivity index (χ0) is 28.2. The van der Waals surface area contributed by atoms with Crippen molar-refractivity contribution in [3.05, 3.63) is 78.1 Å². The third-order valence-corrected chi connectivity index (χ3v) is 7.84. The van der Waals surface area contributed by atoms with Crippen LogP contribution in [0.2, 0.25) is 0 Å². The number of hydrogen-bond donors (Lipinski definition) is 1. The van der Waals surface area contributed by atoms with Gasteiger partial charge in [-0.25, -0.2) is 9.97 Å². The normalized spacial score (nSPS) is 17.7. The van der Waals surface area contributed by atoms with E-state index < -0.39 is 0 Å². The van der Waals surface area contributed by atoms with Gasteiger partial charge in [0, 0.05) is 63.8 Å². The Morgan fingerprint density at radius 3 is 2.63 bits per heavy atom. The third kappa shape index (κ3) is 6.10. The zero-order valence-corrected chi connectivity index (χ0v) is 23.2. The lowest BCUT2D eigenvalue weighted by Crippen LogP contribution is -2.41. The average molecular weight is 558 g/mol. The second-order valence-corrected chi connectivity index (χ2v) is 10.5. The number of pyridine rings is 1. The Labute approximate surface area is 239 Å². The molecular formula is C30H35N7O4. The van der Waals surface area contributed by atoms with E-state index in [9.17, 15) is 9.59 Å². The molecule has 2 amide bonds. The van der Waals surface area contributed by atoms with Gasteiger partial charge in [0.1, 0.15) is 12.5 Å². The standard InChI is InChI=1S/C30H35N7O4/c1-40-25-7-10-34(11-8-25)28(38)18-22-3-2-4-24(17-22)37-20-26(29-31-9-12-36(29)21-37)33-27-6-5-23(19-32-27)30(39)35-13-15-41-16-14-35/h2-6,9,12,17,19-20,25H,7-8,10-11,13-16,18,21H2,1H3,(H,32,33). The molecule has 1 aromatic carbocycles. The smallest absolute Gasteiger partial charge is 0.255 e. The van der Waals surface area contributed by atoms with E-state index in [0.717, 1.165) is 48.7 Å². The molecule has 41 heavy (non-hydrogen) atoms. The molecule has 3 aliphatic heterocycles. The number of amides is 2. The number of piperidine rings is 1. The van der Waals surface area contributed by atoms with Crippen molar-refractivity contribution in [2.24, 2.45) is 0 Å². The summed E-state index contributed by atoms with van der Waals surface area (Å²) < 4.78 is 12.8. The Morgan fingerprint density at radius 1 is 1.05 bits per heavy atom. The van der Waals surface area contributed by atoms with Crippen LogP contribution in [0.4, 0.5) is 11.5 Å². The van der Waals surface area contributed by atoms with E-state index in [1.807, 2.05) is 41.6 Å². The van der Waals surface area contributed by atoms with Gasteiger partial charge in [-0.15, -0.1) is 0 Å². The maximum absolute atomic E-state index is 13.0. The van der Waals surface area contributed by atoms with E-state index in [0.29, 0.717) is 50.8 Å². The maximum Gasteiger partial charge on any atom is 0.255 e. The topological polar surface area (TPSA) is 105 Å². The summed E-state index contributed by atoms with van der Waals surface area (Å²) in [5, 5.41) is 3.38. The molecule has 0 bridgehead atoms. The number of benzene rings is 1. The second kappa shape index (κ2) is 12.1. The van der Waals surface area contributed by atoms with E-state index in [-0.39, 0.29) is 17.9 Å². The van der Waals surface area contributed by atoms with E-state index in [1.165, 1.54) is 0 Å². The van der Waals surface area contributed by atoms with Crippen molar-refractivity contribution in [1.29, 1.82) is 0 Å². The Kier molecular flexibility index (Phi) is 7.97. The lowest BCUT2D eigenvalue weighted by molar-refractivity contribution is -0.132. The number of nitrogens with zero attached hydrogens (tertiary/aromatic N) is 6. The van der Waals surface area contributed by atoms with Crippen molar-refractivity contribution in [2.75, 3.05) is 56.7 Å². The first-order valence-electron chi connectivity index (χ1n) is 14.1. The number of morpholine rings is 1. The molecule has 2 aromatic heterocycles. The molecule has 2 saturated heterocycles. The Bertz CT molecular complexity index is 1410. The highest BCUT2D eigenvalue weighted by Gasteiger charge is 2.24. The predicted molar refractivity (Wildman–Crippen MR) is 154 cm³/mol. The number of aromatic nitrogens is 3. The largest absolute Gasteiger partial charge is 0.381 e. The molecule has 0 atom stereocenters. The van der Waals surface area contributed by atoms with Crippen LogP contribution in [-0.4, -0.2) is 88.8 Å². The van der Waals surface area contributed by atoms with Crippen LogP contribution in [0.1, 0.15) is 34.6 Å². The highest BCUT2D eigenvalue weighted by atomic mass is 16.5. The SMILES string of the molecule is COC1CCN(C(=O)Cc2cccc(N3C=C(Nc4ccc(C(=O)N5CCOCC5)cn4)c4nccn4C3)c2)CC1. The number of carbonyl (C=O) groups is 2. The lowest BCUT2D eigenvalue weighted by Gasteiger charge is -2.31. The molecule has 6 rings (SSSR count). The van der Waals surface area contributed by atoms with Crippen LogP contribution in [-0.2, 0) is 27.4 Å². The summed E-state index contributed by atoms with van der Waals surface area (Å²) in [5.41, 5.74) is 3.28. The van der Waals surface area contributed by atoms with Gasteiger partial charge in [0.25, 0.3) is 5.91 Å². The molecule has 3 aliphatic rings. The van der Waals surface area contributed by atoms with Crippen molar-refractivity contribution in [3.8, 4) is 0 Å². The highest BCUT2D eigenvalue weighted by molar-refractivity contribution is 5.94. The molecule has 214 valence electrons. The van der Waals surface area contributed by atoms with Gasteiger partial charge >= 0.3 is 0 Å².